The lowest BCUT2D eigenvalue weighted by Crippen LogP contribution is -3.00. The van der Waals surface area contributed by atoms with Crippen LogP contribution in [0, 0.1) is 17.3 Å². The summed E-state index contributed by atoms with van der Waals surface area (Å²) in [6, 6.07) is 17.1. The van der Waals surface area contributed by atoms with Crippen molar-refractivity contribution in [1.82, 2.24) is 0 Å². The molecule has 2 aromatic carbocycles. The van der Waals surface area contributed by atoms with Gasteiger partial charge in [-0.1, -0.05) is 67.9 Å². The average Bonchev–Trinajstić information content (AvgIpc) is 2.61. The molecule has 2 aromatic rings. The molecule has 3 aliphatic rings. The minimum Gasteiger partial charge on any atom is -1.00 e. The summed E-state index contributed by atoms with van der Waals surface area (Å²) in [5.74, 6) is 1.72. The van der Waals surface area contributed by atoms with Crippen LogP contribution in [0.25, 0.3) is 11.1 Å². The average molecular weight is 508 g/mol. The summed E-state index contributed by atoms with van der Waals surface area (Å²) in [5, 5.41) is 0.788. The topological polar surface area (TPSA) is 0 Å². The van der Waals surface area contributed by atoms with Crippen molar-refractivity contribution >= 4 is 11.6 Å². The van der Waals surface area contributed by atoms with Gasteiger partial charge < -0.3 is 28.5 Å². The van der Waals surface area contributed by atoms with Crippen molar-refractivity contribution in [2.45, 2.75) is 33.2 Å². The van der Waals surface area contributed by atoms with Crippen molar-refractivity contribution in [3.63, 3.8) is 0 Å². The Morgan fingerprint density at radius 3 is 2.32 bits per heavy atom. The van der Waals surface area contributed by atoms with E-state index in [1.807, 2.05) is 18.2 Å². The fourth-order valence-corrected chi connectivity index (χ4v) is 5.36. The number of hydrogen-bond donors (Lipinski definition) is 0. The van der Waals surface area contributed by atoms with Gasteiger partial charge in [-0.25, -0.2) is 0 Å². The zero-order valence-electron chi connectivity index (χ0n) is 17.4. The molecule has 0 unspecified atom stereocenters. The van der Waals surface area contributed by atoms with Gasteiger partial charge in [0.25, 0.3) is 0 Å². The Morgan fingerprint density at radius 1 is 1.00 bits per heavy atom. The Bertz CT molecular complexity index is 866. The maximum Gasteiger partial charge on any atom is 0.104 e. The molecule has 0 radical (unpaired) electrons. The van der Waals surface area contributed by atoms with Crippen LogP contribution in [0.4, 0.5) is 0 Å². The van der Waals surface area contributed by atoms with Gasteiger partial charge in [0.05, 0.1) is 14.1 Å². The first kappa shape index (κ1) is 21.9. The van der Waals surface area contributed by atoms with Crippen molar-refractivity contribution in [3.05, 3.63) is 70.8 Å². The number of likely N-dealkylation sites (N-methyl/N-ethyl adjacent to an activating group) is 1. The summed E-state index contributed by atoms with van der Waals surface area (Å²) >= 11 is 6.13. The van der Waals surface area contributed by atoms with E-state index in [4.69, 9.17) is 11.6 Å². The van der Waals surface area contributed by atoms with E-state index < -0.39 is 0 Å². The quantitative estimate of drug-likeness (QED) is 0.330. The predicted molar refractivity (Wildman–Crippen MR) is 116 cm³/mol. The van der Waals surface area contributed by atoms with Crippen molar-refractivity contribution in [2.75, 3.05) is 20.6 Å². The van der Waals surface area contributed by atoms with Gasteiger partial charge in [-0.05, 0) is 58.9 Å². The molecule has 1 fully saturated rings. The molecule has 0 spiro atoms. The minimum atomic E-state index is 0. The van der Waals surface area contributed by atoms with E-state index in [-0.39, 0.29) is 24.0 Å². The third-order valence-corrected chi connectivity index (χ3v) is 7.15. The van der Waals surface area contributed by atoms with E-state index >= 15 is 0 Å². The molecule has 0 heterocycles. The maximum atomic E-state index is 6.13. The van der Waals surface area contributed by atoms with Crippen molar-refractivity contribution < 1.29 is 28.5 Å². The van der Waals surface area contributed by atoms with E-state index in [9.17, 15) is 0 Å². The zero-order valence-corrected chi connectivity index (χ0v) is 20.3. The summed E-state index contributed by atoms with van der Waals surface area (Å²) in [6.07, 6.45) is 5.24. The molecule has 5 rings (SSSR count). The number of allylic oxidation sites excluding steroid dienone is 1. The first-order chi connectivity index (χ1) is 12.7. The SMILES string of the molecule is CC1(C)[C@@H]2CC=C(C[N+](C)(C)Cc3ccc(-c4cccc(Cl)c4)cc3)[C@H]1C2.[I-]. The lowest BCUT2D eigenvalue weighted by molar-refractivity contribution is -0.899. The number of benzene rings is 2. The van der Waals surface area contributed by atoms with Crippen molar-refractivity contribution in [1.29, 1.82) is 0 Å². The second-order valence-electron chi connectivity index (χ2n) is 9.78. The molecule has 2 bridgehead atoms. The minimum absolute atomic E-state index is 0. The van der Waals surface area contributed by atoms with Crippen LogP contribution in [-0.4, -0.2) is 25.1 Å². The molecular weight excluding hydrogens is 477 g/mol. The number of rotatable bonds is 5. The normalized spacial score (nSPS) is 22.7. The van der Waals surface area contributed by atoms with Crippen LogP contribution < -0.4 is 24.0 Å². The van der Waals surface area contributed by atoms with E-state index in [0.717, 1.165) is 34.4 Å². The predicted octanol–water partition coefficient (Wildman–Crippen LogP) is 3.58. The second kappa shape index (κ2) is 8.12. The zero-order chi connectivity index (χ0) is 19.2. The van der Waals surface area contributed by atoms with Crippen LogP contribution in [0.3, 0.4) is 0 Å². The summed E-state index contributed by atoms with van der Waals surface area (Å²) in [6.45, 7) is 7.15. The summed E-state index contributed by atoms with van der Waals surface area (Å²) in [4.78, 5) is 0. The molecule has 1 saturated carbocycles. The van der Waals surface area contributed by atoms with Gasteiger partial charge in [0.15, 0.2) is 0 Å². The third kappa shape index (κ3) is 4.34. The van der Waals surface area contributed by atoms with Crippen LogP contribution in [0.5, 0.6) is 0 Å². The standard InChI is InChI=1S/C25H31ClN.HI/c1-25(2)22-13-12-21(24(25)15-22)17-27(3,4)16-18-8-10-19(11-9-18)20-6-5-7-23(26)14-20;/h5-12,14,22,24H,13,15-17H2,1-4H3;1H/q+1;/p-1/t22-,24-;/m1./s1. The van der Waals surface area contributed by atoms with Gasteiger partial charge in [0.2, 0.25) is 0 Å². The van der Waals surface area contributed by atoms with E-state index in [2.05, 4.69) is 64.4 Å². The van der Waals surface area contributed by atoms with Gasteiger partial charge in [0, 0.05) is 10.6 Å². The Kier molecular flexibility index (Phi) is 6.34. The fourth-order valence-electron chi connectivity index (χ4n) is 5.17. The molecule has 2 atom stereocenters. The Hall–Kier alpha value is -0.840. The monoisotopic (exact) mass is 507 g/mol. The molecule has 0 saturated heterocycles. The molecule has 3 aliphatic carbocycles. The van der Waals surface area contributed by atoms with Crippen molar-refractivity contribution in [2.24, 2.45) is 17.3 Å². The molecule has 3 heteroatoms. The lowest BCUT2D eigenvalue weighted by atomic mass is 9.49. The highest BCUT2D eigenvalue weighted by Crippen LogP contribution is 2.59. The highest BCUT2D eigenvalue weighted by atomic mass is 127. The number of fused-ring (bicyclic) bond motifs is 1. The fraction of sp³-hybridized carbons (Fsp3) is 0.440. The van der Waals surface area contributed by atoms with Gasteiger partial charge in [-0.3, -0.25) is 0 Å². The summed E-state index contributed by atoms with van der Waals surface area (Å²) in [5.41, 5.74) is 6.01. The third-order valence-electron chi connectivity index (χ3n) is 6.92. The Balaban J connectivity index is 0.00000225. The molecular formula is C25H31ClIN. The molecule has 0 aromatic heterocycles. The summed E-state index contributed by atoms with van der Waals surface area (Å²) in [7, 11) is 4.73. The van der Waals surface area contributed by atoms with Crippen molar-refractivity contribution in [3.8, 4) is 11.1 Å². The number of halogens is 2. The largest absolute Gasteiger partial charge is 1.00 e. The second-order valence-corrected chi connectivity index (χ2v) is 10.2. The van der Waals surface area contributed by atoms with Crippen LogP contribution in [0.2, 0.25) is 5.02 Å². The van der Waals surface area contributed by atoms with Crippen LogP contribution in [0.15, 0.2) is 60.2 Å². The molecule has 28 heavy (non-hydrogen) atoms. The van der Waals surface area contributed by atoms with E-state index in [1.165, 1.54) is 29.5 Å². The van der Waals surface area contributed by atoms with Crippen LogP contribution in [-0.2, 0) is 6.54 Å². The molecule has 150 valence electrons. The number of hydrogen-bond acceptors (Lipinski definition) is 0. The van der Waals surface area contributed by atoms with E-state index in [1.54, 1.807) is 5.57 Å². The number of quaternary nitrogens is 1. The molecule has 1 nitrogen and oxygen atoms in total. The number of nitrogens with zero attached hydrogens (tertiary/aromatic N) is 1. The first-order valence-corrected chi connectivity index (χ1v) is 10.5. The lowest BCUT2D eigenvalue weighted by Gasteiger charge is -2.57. The van der Waals surface area contributed by atoms with Gasteiger partial charge in [-0.15, -0.1) is 0 Å². The van der Waals surface area contributed by atoms with Crippen LogP contribution in [0.1, 0.15) is 32.3 Å². The molecule has 0 N–H and O–H groups in total. The smallest absolute Gasteiger partial charge is 0.104 e. The highest BCUT2D eigenvalue weighted by Gasteiger charge is 2.52. The molecule has 0 amide bonds. The molecule has 0 aliphatic heterocycles. The first-order valence-electron chi connectivity index (χ1n) is 10.1. The Labute approximate surface area is 192 Å². The van der Waals surface area contributed by atoms with Gasteiger partial charge in [-0.2, -0.15) is 0 Å². The van der Waals surface area contributed by atoms with E-state index in [0.29, 0.717) is 5.41 Å². The van der Waals surface area contributed by atoms with Gasteiger partial charge in [0.1, 0.15) is 13.1 Å². The van der Waals surface area contributed by atoms with Crippen LogP contribution >= 0.6 is 11.6 Å². The summed E-state index contributed by atoms with van der Waals surface area (Å²) < 4.78 is 1.01. The highest BCUT2D eigenvalue weighted by molar-refractivity contribution is 6.30. The van der Waals surface area contributed by atoms with Gasteiger partial charge >= 0.3 is 0 Å². The Morgan fingerprint density at radius 2 is 1.71 bits per heavy atom. The maximum absolute atomic E-state index is 6.13.